The van der Waals surface area contributed by atoms with Gasteiger partial charge in [-0.15, -0.1) is 0 Å². The number of rotatable bonds is 4. The van der Waals surface area contributed by atoms with Gasteiger partial charge in [-0.1, -0.05) is 11.6 Å². The number of ether oxygens (including phenoxy) is 1. The summed E-state index contributed by atoms with van der Waals surface area (Å²) in [7, 11) is 3.11. The van der Waals surface area contributed by atoms with Gasteiger partial charge in [0.25, 0.3) is 0 Å². The summed E-state index contributed by atoms with van der Waals surface area (Å²) in [6.45, 7) is 0. The Bertz CT molecular complexity index is 597. The van der Waals surface area contributed by atoms with E-state index in [2.05, 4.69) is 41.5 Å². The molecule has 0 aliphatic heterocycles. The van der Waals surface area contributed by atoms with E-state index in [1.165, 1.54) is 19.2 Å². The van der Waals surface area contributed by atoms with Crippen LogP contribution in [-0.2, 0) is 0 Å². The summed E-state index contributed by atoms with van der Waals surface area (Å²) < 4.78 is 18.6. The van der Waals surface area contributed by atoms with Gasteiger partial charge in [0.2, 0.25) is 11.9 Å². The first-order chi connectivity index (χ1) is 9.53. The van der Waals surface area contributed by atoms with Crippen molar-refractivity contribution >= 4 is 45.1 Å². The van der Waals surface area contributed by atoms with Crippen LogP contribution in [0.1, 0.15) is 0 Å². The molecular formula is C11H10BrClFN5O. The minimum Gasteiger partial charge on any atom is -0.467 e. The van der Waals surface area contributed by atoms with E-state index in [4.69, 9.17) is 16.3 Å². The van der Waals surface area contributed by atoms with E-state index in [9.17, 15) is 4.39 Å². The molecule has 0 atom stereocenters. The van der Waals surface area contributed by atoms with E-state index >= 15 is 0 Å². The second-order valence-electron chi connectivity index (χ2n) is 3.59. The van der Waals surface area contributed by atoms with Gasteiger partial charge in [0, 0.05) is 11.5 Å². The minimum absolute atomic E-state index is 0.140. The second-order valence-corrected chi connectivity index (χ2v) is 4.85. The molecule has 1 aromatic carbocycles. The first kappa shape index (κ1) is 14.7. The van der Waals surface area contributed by atoms with Crippen molar-refractivity contribution in [2.45, 2.75) is 0 Å². The van der Waals surface area contributed by atoms with Gasteiger partial charge in [-0.25, -0.2) is 4.39 Å². The van der Waals surface area contributed by atoms with Gasteiger partial charge in [-0.05, 0) is 28.1 Å². The third kappa shape index (κ3) is 3.26. The maximum atomic E-state index is 13.2. The molecule has 0 fully saturated rings. The summed E-state index contributed by atoms with van der Waals surface area (Å²) in [5.74, 6) is 0.0979. The molecule has 0 spiro atoms. The van der Waals surface area contributed by atoms with Crippen molar-refractivity contribution in [1.82, 2.24) is 15.0 Å². The SMILES string of the molecule is CNc1nc(Nc2c(Cl)cc(F)cc2Br)nc(OC)n1. The molecule has 9 heteroatoms. The zero-order valence-corrected chi connectivity index (χ0v) is 12.9. The number of hydrogen-bond donors (Lipinski definition) is 2. The molecule has 6 nitrogen and oxygen atoms in total. The lowest BCUT2D eigenvalue weighted by atomic mass is 10.3. The highest BCUT2D eigenvalue weighted by Crippen LogP contribution is 2.33. The number of aromatic nitrogens is 3. The molecule has 0 radical (unpaired) electrons. The number of halogens is 3. The van der Waals surface area contributed by atoms with E-state index in [0.717, 1.165) is 0 Å². The number of hydrogen-bond acceptors (Lipinski definition) is 6. The average Bonchev–Trinajstić information content (AvgIpc) is 2.42. The Morgan fingerprint density at radius 2 is 1.95 bits per heavy atom. The molecule has 106 valence electrons. The van der Waals surface area contributed by atoms with Crippen LogP contribution in [0.25, 0.3) is 0 Å². The average molecular weight is 363 g/mol. The fourth-order valence-corrected chi connectivity index (χ4v) is 2.29. The molecule has 1 heterocycles. The van der Waals surface area contributed by atoms with Crippen molar-refractivity contribution in [3.8, 4) is 6.01 Å². The first-order valence-corrected chi connectivity index (χ1v) is 6.60. The molecule has 20 heavy (non-hydrogen) atoms. The normalized spacial score (nSPS) is 10.2. The third-order valence-electron chi connectivity index (χ3n) is 2.26. The Morgan fingerprint density at radius 3 is 2.55 bits per heavy atom. The molecule has 0 unspecified atom stereocenters. The monoisotopic (exact) mass is 361 g/mol. The van der Waals surface area contributed by atoms with Gasteiger partial charge in [0.15, 0.2) is 0 Å². The van der Waals surface area contributed by atoms with Gasteiger partial charge < -0.3 is 15.4 Å². The fraction of sp³-hybridized carbons (Fsp3) is 0.182. The summed E-state index contributed by atoms with van der Waals surface area (Å²) >= 11 is 9.20. The van der Waals surface area contributed by atoms with Crippen molar-refractivity contribution in [3.05, 3.63) is 27.4 Å². The molecule has 2 N–H and O–H groups in total. The number of anilines is 3. The first-order valence-electron chi connectivity index (χ1n) is 5.43. The van der Waals surface area contributed by atoms with Crippen LogP contribution in [0, 0.1) is 5.82 Å². The highest BCUT2D eigenvalue weighted by molar-refractivity contribution is 9.10. The van der Waals surface area contributed by atoms with Crippen LogP contribution in [0.2, 0.25) is 5.02 Å². The summed E-state index contributed by atoms with van der Waals surface area (Å²) in [6, 6.07) is 2.61. The summed E-state index contributed by atoms with van der Waals surface area (Å²) in [4.78, 5) is 12.1. The van der Waals surface area contributed by atoms with Crippen LogP contribution in [-0.4, -0.2) is 29.1 Å². The van der Waals surface area contributed by atoms with Crippen LogP contribution in [0.3, 0.4) is 0 Å². The lowest BCUT2D eigenvalue weighted by molar-refractivity contribution is 0.379. The zero-order chi connectivity index (χ0) is 14.7. The fourth-order valence-electron chi connectivity index (χ4n) is 1.39. The molecule has 0 aliphatic carbocycles. The van der Waals surface area contributed by atoms with Gasteiger partial charge in [-0.3, -0.25) is 0 Å². The number of methoxy groups -OCH3 is 1. The zero-order valence-electron chi connectivity index (χ0n) is 10.5. The Morgan fingerprint density at radius 1 is 1.25 bits per heavy atom. The summed E-state index contributed by atoms with van der Waals surface area (Å²) in [6.07, 6.45) is 0. The summed E-state index contributed by atoms with van der Waals surface area (Å²) in [5, 5.41) is 5.87. The Kier molecular flexibility index (Phi) is 4.56. The molecule has 0 bridgehead atoms. The molecule has 0 saturated carbocycles. The van der Waals surface area contributed by atoms with E-state index < -0.39 is 5.82 Å². The largest absolute Gasteiger partial charge is 0.467 e. The van der Waals surface area contributed by atoms with Crippen LogP contribution >= 0.6 is 27.5 Å². The molecule has 2 rings (SSSR count). The number of benzene rings is 1. The van der Waals surface area contributed by atoms with E-state index in [0.29, 0.717) is 16.1 Å². The topological polar surface area (TPSA) is 72.0 Å². The Labute approximate surface area is 127 Å². The van der Waals surface area contributed by atoms with Crippen molar-refractivity contribution < 1.29 is 9.13 Å². The molecular weight excluding hydrogens is 353 g/mol. The quantitative estimate of drug-likeness (QED) is 0.870. The number of nitrogens with zero attached hydrogens (tertiary/aromatic N) is 3. The highest BCUT2D eigenvalue weighted by atomic mass is 79.9. The van der Waals surface area contributed by atoms with Gasteiger partial charge in [0.05, 0.1) is 17.8 Å². The second kappa shape index (κ2) is 6.19. The number of nitrogens with one attached hydrogen (secondary N) is 2. The molecule has 0 saturated heterocycles. The maximum absolute atomic E-state index is 13.2. The standard InChI is InChI=1S/C11H10BrClFN5O/c1-15-9-17-10(19-11(18-9)20-2)16-8-6(12)3-5(14)4-7(8)13/h3-4H,1-2H3,(H2,15,16,17,18,19). The lowest BCUT2D eigenvalue weighted by Crippen LogP contribution is -2.06. The lowest BCUT2D eigenvalue weighted by Gasteiger charge is -2.11. The van der Waals surface area contributed by atoms with Crippen molar-refractivity contribution in [2.24, 2.45) is 0 Å². The van der Waals surface area contributed by atoms with Crippen molar-refractivity contribution in [2.75, 3.05) is 24.8 Å². The Hall–Kier alpha value is -1.67. The predicted molar refractivity (Wildman–Crippen MR) is 78.3 cm³/mol. The van der Waals surface area contributed by atoms with Crippen LogP contribution in [0.5, 0.6) is 6.01 Å². The summed E-state index contributed by atoms with van der Waals surface area (Å²) in [5.41, 5.74) is 0.448. The highest BCUT2D eigenvalue weighted by Gasteiger charge is 2.12. The van der Waals surface area contributed by atoms with Crippen LogP contribution < -0.4 is 15.4 Å². The van der Waals surface area contributed by atoms with E-state index in [1.54, 1.807) is 7.05 Å². The molecule has 1 aromatic heterocycles. The van der Waals surface area contributed by atoms with E-state index in [1.807, 2.05) is 0 Å². The molecule has 2 aromatic rings. The smallest absolute Gasteiger partial charge is 0.322 e. The van der Waals surface area contributed by atoms with Gasteiger partial charge >= 0.3 is 6.01 Å². The van der Waals surface area contributed by atoms with Crippen molar-refractivity contribution in [3.63, 3.8) is 0 Å². The van der Waals surface area contributed by atoms with Crippen molar-refractivity contribution in [1.29, 1.82) is 0 Å². The van der Waals surface area contributed by atoms with Crippen LogP contribution in [0.15, 0.2) is 16.6 Å². The molecule has 0 amide bonds. The van der Waals surface area contributed by atoms with Gasteiger partial charge in [-0.2, -0.15) is 15.0 Å². The Balaban J connectivity index is 2.39. The van der Waals surface area contributed by atoms with Crippen LogP contribution in [0.4, 0.5) is 22.0 Å². The van der Waals surface area contributed by atoms with Gasteiger partial charge in [0.1, 0.15) is 5.82 Å². The predicted octanol–water partition coefficient (Wildman–Crippen LogP) is 3.22. The minimum atomic E-state index is -0.448. The molecule has 0 aliphatic rings. The van der Waals surface area contributed by atoms with E-state index in [-0.39, 0.29) is 17.0 Å². The maximum Gasteiger partial charge on any atom is 0.322 e. The third-order valence-corrected chi connectivity index (χ3v) is 3.19.